The number of anilines is 1. The SMILES string of the molecule is COc1ccc(N2C(=O)CC(N(C(=O)c3cccc(OC)c3)C3CCCC3)C2=O)cc1. The van der Waals surface area contributed by atoms with Gasteiger partial charge >= 0.3 is 0 Å². The molecule has 1 unspecified atom stereocenters. The van der Waals surface area contributed by atoms with Crippen molar-refractivity contribution in [1.82, 2.24) is 4.90 Å². The summed E-state index contributed by atoms with van der Waals surface area (Å²) in [4.78, 5) is 42.6. The molecule has 2 fully saturated rings. The fraction of sp³-hybridized carbons (Fsp3) is 0.375. The molecule has 3 amide bonds. The van der Waals surface area contributed by atoms with Crippen LogP contribution in [0.1, 0.15) is 42.5 Å². The molecular weight excluding hydrogens is 396 g/mol. The van der Waals surface area contributed by atoms with Gasteiger partial charge in [-0.3, -0.25) is 14.4 Å². The first-order valence-electron chi connectivity index (χ1n) is 10.5. The molecule has 1 aliphatic carbocycles. The number of methoxy groups -OCH3 is 2. The first-order valence-corrected chi connectivity index (χ1v) is 10.5. The molecule has 1 saturated carbocycles. The summed E-state index contributed by atoms with van der Waals surface area (Å²) in [6, 6.07) is 12.8. The number of imide groups is 1. The molecule has 1 heterocycles. The molecule has 0 bridgehead atoms. The highest BCUT2D eigenvalue weighted by Crippen LogP contribution is 2.33. The van der Waals surface area contributed by atoms with Gasteiger partial charge in [0.05, 0.1) is 26.3 Å². The molecule has 1 saturated heterocycles. The van der Waals surface area contributed by atoms with E-state index in [4.69, 9.17) is 9.47 Å². The molecule has 0 radical (unpaired) electrons. The van der Waals surface area contributed by atoms with Gasteiger partial charge in [-0.15, -0.1) is 0 Å². The highest BCUT2D eigenvalue weighted by atomic mass is 16.5. The second kappa shape index (κ2) is 8.79. The number of amides is 3. The third kappa shape index (κ3) is 4.00. The molecule has 1 aliphatic heterocycles. The molecule has 2 aliphatic rings. The summed E-state index contributed by atoms with van der Waals surface area (Å²) in [5, 5.41) is 0. The van der Waals surface area contributed by atoms with E-state index in [1.54, 1.807) is 67.7 Å². The number of benzene rings is 2. The van der Waals surface area contributed by atoms with Gasteiger partial charge in [-0.05, 0) is 55.3 Å². The van der Waals surface area contributed by atoms with Gasteiger partial charge in [0.15, 0.2) is 0 Å². The van der Waals surface area contributed by atoms with Gasteiger partial charge in [0, 0.05) is 11.6 Å². The van der Waals surface area contributed by atoms with E-state index in [1.807, 2.05) is 0 Å². The first-order chi connectivity index (χ1) is 15.0. The lowest BCUT2D eigenvalue weighted by atomic mass is 10.1. The maximum absolute atomic E-state index is 13.5. The van der Waals surface area contributed by atoms with E-state index in [0.29, 0.717) is 22.7 Å². The number of nitrogens with zero attached hydrogens (tertiary/aromatic N) is 2. The lowest BCUT2D eigenvalue weighted by Crippen LogP contribution is -2.50. The van der Waals surface area contributed by atoms with Crippen LogP contribution in [0, 0.1) is 0 Å². The number of rotatable bonds is 6. The summed E-state index contributed by atoms with van der Waals surface area (Å²) < 4.78 is 10.4. The van der Waals surface area contributed by atoms with E-state index in [0.717, 1.165) is 25.7 Å². The summed E-state index contributed by atoms with van der Waals surface area (Å²) in [6.45, 7) is 0. The second-order valence-electron chi connectivity index (χ2n) is 7.87. The Morgan fingerprint density at radius 3 is 2.29 bits per heavy atom. The van der Waals surface area contributed by atoms with E-state index in [9.17, 15) is 14.4 Å². The summed E-state index contributed by atoms with van der Waals surface area (Å²) >= 11 is 0. The molecule has 162 valence electrons. The van der Waals surface area contributed by atoms with Crippen molar-refractivity contribution in [2.45, 2.75) is 44.2 Å². The van der Waals surface area contributed by atoms with Crippen LogP contribution in [0.3, 0.4) is 0 Å². The quantitative estimate of drug-likeness (QED) is 0.667. The highest BCUT2D eigenvalue weighted by molar-refractivity contribution is 6.23. The van der Waals surface area contributed by atoms with Gasteiger partial charge in [0.2, 0.25) is 5.91 Å². The zero-order valence-corrected chi connectivity index (χ0v) is 17.7. The van der Waals surface area contributed by atoms with Gasteiger partial charge in [-0.2, -0.15) is 0 Å². The third-order valence-electron chi connectivity index (χ3n) is 6.06. The van der Waals surface area contributed by atoms with Crippen molar-refractivity contribution < 1.29 is 23.9 Å². The van der Waals surface area contributed by atoms with Crippen molar-refractivity contribution in [1.29, 1.82) is 0 Å². The molecule has 2 aromatic rings. The van der Waals surface area contributed by atoms with Gasteiger partial charge in [0.1, 0.15) is 17.5 Å². The minimum Gasteiger partial charge on any atom is -0.497 e. The zero-order valence-electron chi connectivity index (χ0n) is 17.7. The second-order valence-corrected chi connectivity index (χ2v) is 7.87. The third-order valence-corrected chi connectivity index (χ3v) is 6.06. The van der Waals surface area contributed by atoms with Crippen LogP contribution in [0.15, 0.2) is 48.5 Å². The lowest BCUT2D eigenvalue weighted by molar-refractivity contribution is -0.123. The summed E-state index contributed by atoms with van der Waals surface area (Å²) in [7, 11) is 3.10. The van der Waals surface area contributed by atoms with Gasteiger partial charge in [-0.1, -0.05) is 18.9 Å². The number of carbonyl (C=O) groups is 3. The molecule has 0 spiro atoms. The Balaban J connectivity index is 1.66. The van der Waals surface area contributed by atoms with Crippen LogP contribution in [0.4, 0.5) is 5.69 Å². The number of hydrogen-bond acceptors (Lipinski definition) is 5. The molecule has 7 heteroatoms. The van der Waals surface area contributed by atoms with E-state index in [2.05, 4.69) is 0 Å². The van der Waals surface area contributed by atoms with Gasteiger partial charge < -0.3 is 14.4 Å². The monoisotopic (exact) mass is 422 g/mol. The molecule has 7 nitrogen and oxygen atoms in total. The normalized spacial score (nSPS) is 19.0. The summed E-state index contributed by atoms with van der Waals surface area (Å²) in [5.74, 6) is 0.305. The zero-order chi connectivity index (χ0) is 22.0. The molecule has 31 heavy (non-hydrogen) atoms. The van der Waals surface area contributed by atoms with Crippen molar-refractivity contribution in [2.75, 3.05) is 19.1 Å². The summed E-state index contributed by atoms with van der Waals surface area (Å²) in [6.07, 6.45) is 3.65. The smallest absolute Gasteiger partial charge is 0.257 e. The Kier molecular flexibility index (Phi) is 5.93. The highest BCUT2D eigenvalue weighted by Gasteiger charge is 2.47. The van der Waals surface area contributed by atoms with Crippen molar-refractivity contribution in [3.63, 3.8) is 0 Å². The Hall–Kier alpha value is -3.35. The maximum atomic E-state index is 13.5. The molecule has 1 atom stereocenters. The first kappa shape index (κ1) is 20.9. The minimum absolute atomic E-state index is 0.0168. The van der Waals surface area contributed by atoms with E-state index in [1.165, 1.54) is 4.90 Å². The van der Waals surface area contributed by atoms with Crippen LogP contribution >= 0.6 is 0 Å². The standard InChI is InChI=1S/C24H26N2O5/c1-30-19-12-10-18(11-13-19)26-22(27)15-21(24(26)29)25(17-7-3-4-8-17)23(28)16-6-5-9-20(14-16)31-2/h5-6,9-14,17,21H,3-4,7-8,15H2,1-2H3. The maximum Gasteiger partial charge on any atom is 0.257 e. The fourth-order valence-electron chi connectivity index (χ4n) is 4.49. The lowest BCUT2D eigenvalue weighted by Gasteiger charge is -2.33. The molecule has 2 aromatic carbocycles. The van der Waals surface area contributed by atoms with Crippen LogP contribution in [0.5, 0.6) is 11.5 Å². The van der Waals surface area contributed by atoms with Crippen LogP contribution < -0.4 is 14.4 Å². The fourth-order valence-corrected chi connectivity index (χ4v) is 4.49. The Morgan fingerprint density at radius 2 is 1.65 bits per heavy atom. The molecule has 0 N–H and O–H groups in total. The van der Waals surface area contributed by atoms with Crippen LogP contribution in [-0.2, 0) is 9.59 Å². The predicted octanol–water partition coefficient (Wildman–Crippen LogP) is 3.42. The van der Waals surface area contributed by atoms with Crippen molar-refractivity contribution >= 4 is 23.4 Å². The van der Waals surface area contributed by atoms with Crippen LogP contribution in [0.2, 0.25) is 0 Å². The van der Waals surface area contributed by atoms with Gasteiger partial charge in [-0.25, -0.2) is 4.90 Å². The Bertz CT molecular complexity index is 982. The van der Waals surface area contributed by atoms with Crippen molar-refractivity contribution in [2.24, 2.45) is 0 Å². The van der Waals surface area contributed by atoms with Crippen LogP contribution in [0.25, 0.3) is 0 Å². The Labute approximate surface area is 181 Å². The van der Waals surface area contributed by atoms with E-state index in [-0.39, 0.29) is 30.2 Å². The van der Waals surface area contributed by atoms with Crippen molar-refractivity contribution in [3.8, 4) is 11.5 Å². The minimum atomic E-state index is -0.809. The number of hydrogen-bond donors (Lipinski definition) is 0. The predicted molar refractivity (Wildman–Crippen MR) is 115 cm³/mol. The van der Waals surface area contributed by atoms with E-state index >= 15 is 0 Å². The number of ether oxygens (including phenoxy) is 2. The van der Waals surface area contributed by atoms with Crippen LogP contribution in [-0.4, -0.2) is 48.9 Å². The van der Waals surface area contributed by atoms with E-state index < -0.39 is 6.04 Å². The molecule has 4 rings (SSSR count). The topological polar surface area (TPSA) is 76.2 Å². The largest absolute Gasteiger partial charge is 0.497 e. The van der Waals surface area contributed by atoms with Gasteiger partial charge in [0.25, 0.3) is 11.8 Å². The average molecular weight is 422 g/mol. The Morgan fingerprint density at radius 1 is 0.968 bits per heavy atom. The van der Waals surface area contributed by atoms with Crippen molar-refractivity contribution in [3.05, 3.63) is 54.1 Å². The molecular formula is C24H26N2O5. The average Bonchev–Trinajstić information content (AvgIpc) is 3.42. The number of carbonyl (C=O) groups excluding carboxylic acids is 3. The molecule has 0 aromatic heterocycles. The summed E-state index contributed by atoms with van der Waals surface area (Å²) in [5.41, 5.74) is 0.938.